The van der Waals surface area contributed by atoms with Gasteiger partial charge in [-0.25, -0.2) is 4.98 Å². The summed E-state index contributed by atoms with van der Waals surface area (Å²) < 4.78 is 7.60. The van der Waals surface area contributed by atoms with Crippen molar-refractivity contribution < 1.29 is 9.53 Å². The standard InChI is InChI=1S/C16H21N3O2/c1-3-16(20)17-10-9-15-18-13-7-5-6-8-14(13)19(15)11-12-21-4-2/h3,5-8H,1,4,9-12H2,2H3,(H,17,20). The fraction of sp³-hybridized carbons (Fsp3) is 0.375. The van der Waals surface area contributed by atoms with Crippen LogP contribution in [0.1, 0.15) is 12.7 Å². The van der Waals surface area contributed by atoms with Gasteiger partial charge in [0, 0.05) is 26.1 Å². The van der Waals surface area contributed by atoms with E-state index in [2.05, 4.69) is 27.5 Å². The van der Waals surface area contributed by atoms with E-state index < -0.39 is 0 Å². The molecule has 1 aromatic carbocycles. The fourth-order valence-electron chi connectivity index (χ4n) is 2.24. The molecule has 1 amide bonds. The number of nitrogens with zero attached hydrogens (tertiary/aromatic N) is 2. The Kier molecular flexibility index (Phi) is 5.51. The minimum absolute atomic E-state index is 0.160. The summed E-state index contributed by atoms with van der Waals surface area (Å²) in [4.78, 5) is 15.8. The Morgan fingerprint density at radius 3 is 3.05 bits per heavy atom. The Labute approximate surface area is 124 Å². The van der Waals surface area contributed by atoms with Gasteiger partial charge in [-0.2, -0.15) is 0 Å². The summed E-state index contributed by atoms with van der Waals surface area (Å²) in [5.74, 6) is 0.798. The molecular weight excluding hydrogens is 266 g/mol. The molecule has 1 heterocycles. The van der Waals surface area contributed by atoms with Crippen LogP contribution in [0.25, 0.3) is 11.0 Å². The summed E-state index contributed by atoms with van der Waals surface area (Å²) in [7, 11) is 0. The molecule has 2 rings (SSSR count). The molecule has 21 heavy (non-hydrogen) atoms. The van der Waals surface area contributed by atoms with Gasteiger partial charge in [0.25, 0.3) is 0 Å². The van der Waals surface area contributed by atoms with Crippen LogP contribution in [-0.4, -0.2) is 35.2 Å². The van der Waals surface area contributed by atoms with Crippen molar-refractivity contribution in [2.24, 2.45) is 0 Å². The summed E-state index contributed by atoms with van der Waals surface area (Å²) in [6.45, 7) is 8.09. The van der Waals surface area contributed by atoms with E-state index in [9.17, 15) is 4.79 Å². The van der Waals surface area contributed by atoms with Crippen LogP contribution in [-0.2, 0) is 22.5 Å². The van der Waals surface area contributed by atoms with Crippen molar-refractivity contribution >= 4 is 16.9 Å². The molecule has 0 spiro atoms. The molecule has 0 saturated heterocycles. The van der Waals surface area contributed by atoms with E-state index in [1.54, 1.807) is 0 Å². The first-order valence-electron chi connectivity index (χ1n) is 7.18. The Balaban J connectivity index is 2.14. The Bertz CT molecular complexity index is 619. The zero-order chi connectivity index (χ0) is 15.1. The number of fused-ring (bicyclic) bond motifs is 1. The van der Waals surface area contributed by atoms with Gasteiger partial charge in [-0.3, -0.25) is 4.79 Å². The molecule has 0 atom stereocenters. The summed E-state index contributed by atoms with van der Waals surface area (Å²) in [6, 6.07) is 8.04. The molecule has 0 aliphatic rings. The number of amides is 1. The topological polar surface area (TPSA) is 56.2 Å². The van der Waals surface area contributed by atoms with Crippen molar-refractivity contribution in [1.82, 2.24) is 14.9 Å². The highest BCUT2D eigenvalue weighted by Gasteiger charge is 2.10. The van der Waals surface area contributed by atoms with Crippen LogP contribution in [0.2, 0.25) is 0 Å². The van der Waals surface area contributed by atoms with Crippen molar-refractivity contribution in [3.63, 3.8) is 0 Å². The molecule has 0 bridgehead atoms. The van der Waals surface area contributed by atoms with E-state index in [0.29, 0.717) is 26.2 Å². The third-order valence-electron chi connectivity index (χ3n) is 3.23. The summed E-state index contributed by atoms with van der Waals surface area (Å²) >= 11 is 0. The zero-order valence-corrected chi connectivity index (χ0v) is 12.3. The van der Waals surface area contributed by atoms with E-state index in [1.165, 1.54) is 6.08 Å². The van der Waals surface area contributed by atoms with E-state index in [-0.39, 0.29) is 5.91 Å². The molecule has 112 valence electrons. The molecule has 1 aromatic heterocycles. The van der Waals surface area contributed by atoms with E-state index >= 15 is 0 Å². The first-order valence-corrected chi connectivity index (χ1v) is 7.18. The van der Waals surface area contributed by atoms with Gasteiger partial charge in [-0.1, -0.05) is 18.7 Å². The second-order valence-electron chi connectivity index (χ2n) is 4.61. The summed E-state index contributed by atoms with van der Waals surface area (Å²) in [5, 5.41) is 2.78. The SMILES string of the molecule is C=CC(=O)NCCc1nc2ccccc2n1CCOCC. The molecule has 0 aliphatic heterocycles. The van der Waals surface area contributed by atoms with Gasteiger partial charge in [0.2, 0.25) is 5.91 Å². The molecule has 0 saturated carbocycles. The Morgan fingerprint density at radius 1 is 1.48 bits per heavy atom. The predicted octanol–water partition coefficient (Wildman–Crippen LogP) is 1.92. The predicted molar refractivity (Wildman–Crippen MR) is 83.1 cm³/mol. The largest absolute Gasteiger partial charge is 0.380 e. The van der Waals surface area contributed by atoms with Crippen molar-refractivity contribution in [3.05, 3.63) is 42.7 Å². The number of carbonyl (C=O) groups excluding carboxylic acids is 1. The van der Waals surface area contributed by atoms with Gasteiger partial charge in [-0.15, -0.1) is 0 Å². The van der Waals surface area contributed by atoms with Crippen LogP contribution in [0.4, 0.5) is 0 Å². The maximum absolute atomic E-state index is 11.2. The lowest BCUT2D eigenvalue weighted by Crippen LogP contribution is -2.24. The van der Waals surface area contributed by atoms with Crippen LogP contribution < -0.4 is 5.32 Å². The van der Waals surface area contributed by atoms with Crippen molar-refractivity contribution in [2.75, 3.05) is 19.8 Å². The number of hydrogen-bond acceptors (Lipinski definition) is 3. The Hall–Kier alpha value is -2.14. The van der Waals surface area contributed by atoms with E-state index in [0.717, 1.165) is 23.4 Å². The van der Waals surface area contributed by atoms with Gasteiger partial charge < -0.3 is 14.6 Å². The quantitative estimate of drug-likeness (QED) is 0.596. The van der Waals surface area contributed by atoms with Crippen LogP contribution in [0, 0.1) is 0 Å². The zero-order valence-electron chi connectivity index (χ0n) is 12.3. The smallest absolute Gasteiger partial charge is 0.243 e. The van der Waals surface area contributed by atoms with Crippen molar-refractivity contribution in [1.29, 1.82) is 0 Å². The lowest BCUT2D eigenvalue weighted by atomic mass is 10.3. The second kappa shape index (κ2) is 7.59. The van der Waals surface area contributed by atoms with Crippen LogP contribution in [0.15, 0.2) is 36.9 Å². The van der Waals surface area contributed by atoms with Crippen molar-refractivity contribution in [2.45, 2.75) is 19.9 Å². The average molecular weight is 287 g/mol. The minimum atomic E-state index is -0.160. The number of nitrogens with one attached hydrogen (secondary N) is 1. The molecule has 2 aromatic rings. The molecule has 5 heteroatoms. The third kappa shape index (κ3) is 3.92. The second-order valence-corrected chi connectivity index (χ2v) is 4.61. The summed E-state index contributed by atoms with van der Waals surface area (Å²) in [6.07, 6.45) is 1.96. The number of ether oxygens (including phenoxy) is 1. The van der Waals surface area contributed by atoms with Gasteiger partial charge in [0.05, 0.1) is 17.6 Å². The Morgan fingerprint density at radius 2 is 2.29 bits per heavy atom. The molecule has 0 fully saturated rings. The number of rotatable bonds is 8. The van der Waals surface area contributed by atoms with E-state index in [4.69, 9.17) is 4.74 Å². The lowest BCUT2D eigenvalue weighted by Gasteiger charge is -2.09. The molecular formula is C16H21N3O2. The van der Waals surface area contributed by atoms with Gasteiger partial charge >= 0.3 is 0 Å². The monoisotopic (exact) mass is 287 g/mol. The van der Waals surface area contributed by atoms with Gasteiger partial charge in [-0.05, 0) is 25.1 Å². The van der Waals surface area contributed by atoms with Gasteiger partial charge in [0.15, 0.2) is 0 Å². The van der Waals surface area contributed by atoms with Crippen molar-refractivity contribution in [3.8, 4) is 0 Å². The van der Waals surface area contributed by atoms with Gasteiger partial charge in [0.1, 0.15) is 5.82 Å². The van der Waals surface area contributed by atoms with Crippen LogP contribution >= 0.6 is 0 Å². The number of benzene rings is 1. The first-order chi connectivity index (χ1) is 10.3. The summed E-state index contributed by atoms with van der Waals surface area (Å²) in [5.41, 5.74) is 2.07. The number of aromatic nitrogens is 2. The number of para-hydroxylation sites is 2. The number of imidazole rings is 1. The van der Waals surface area contributed by atoms with Crippen LogP contribution in [0.3, 0.4) is 0 Å². The molecule has 1 N–H and O–H groups in total. The minimum Gasteiger partial charge on any atom is -0.380 e. The number of hydrogen-bond donors (Lipinski definition) is 1. The molecule has 0 aliphatic carbocycles. The highest BCUT2D eigenvalue weighted by molar-refractivity contribution is 5.86. The fourth-order valence-corrected chi connectivity index (χ4v) is 2.24. The number of carbonyl (C=O) groups is 1. The maximum Gasteiger partial charge on any atom is 0.243 e. The van der Waals surface area contributed by atoms with E-state index in [1.807, 2.05) is 25.1 Å². The maximum atomic E-state index is 11.2. The molecule has 5 nitrogen and oxygen atoms in total. The highest BCUT2D eigenvalue weighted by Crippen LogP contribution is 2.16. The molecule has 0 radical (unpaired) electrons. The molecule has 0 unspecified atom stereocenters. The third-order valence-corrected chi connectivity index (χ3v) is 3.23. The normalized spacial score (nSPS) is 10.7. The first kappa shape index (κ1) is 15.3. The highest BCUT2D eigenvalue weighted by atomic mass is 16.5. The average Bonchev–Trinajstić information content (AvgIpc) is 2.85. The van der Waals surface area contributed by atoms with Crippen LogP contribution in [0.5, 0.6) is 0 Å². The lowest BCUT2D eigenvalue weighted by molar-refractivity contribution is -0.116.